The number of carbonyl (C=O) groups is 2. The molecule has 0 unspecified atom stereocenters. The largest absolute Gasteiger partial charge is 0.445 e. The van der Waals surface area contributed by atoms with Gasteiger partial charge in [-0.25, -0.2) is 14.6 Å². The van der Waals surface area contributed by atoms with Crippen molar-refractivity contribution in [3.63, 3.8) is 0 Å². The predicted molar refractivity (Wildman–Crippen MR) is 129 cm³/mol. The molecule has 0 saturated carbocycles. The Morgan fingerprint density at radius 2 is 1.79 bits per heavy atom. The molecule has 0 radical (unpaired) electrons. The summed E-state index contributed by atoms with van der Waals surface area (Å²) in [6, 6.07) is 12.9. The highest BCUT2D eigenvalue weighted by atomic mass is 16.5. The van der Waals surface area contributed by atoms with Crippen LogP contribution in [0.4, 0.5) is 15.4 Å². The molecule has 3 amide bonds. The van der Waals surface area contributed by atoms with E-state index in [2.05, 4.69) is 30.9 Å². The Kier molecular flexibility index (Phi) is 7.24. The van der Waals surface area contributed by atoms with Gasteiger partial charge >= 0.3 is 12.1 Å². The van der Waals surface area contributed by atoms with Crippen LogP contribution in [0.1, 0.15) is 18.1 Å². The first-order chi connectivity index (χ1) is 16.6. The smallest absolute Gasteiger partial charge is 0.407 e. The summed E-state index contributed by atoms with van der Waals surface area (Å²) in [5.74, 6) is 0.426. The van der Waals surface area contributed by atoms with Gasteiger partial charge in [0, 0.05) is 55.0 Å². The Morgan fingerprint density at radius 3 is 2.56 bits per heavy atom. The molecule has 0 aliphatic rings. The summed E-state index contributed by atoms with van der Waals surface area (Å²) >= 11 is 0. The van der Waals surface area contributed by atoms with Crippen LogP contribution in [-0.2, 0) is 17.9 Å². The fourth-order valence-corrected chi connectivity index (χ4v) is 3.48. The van der Waals surface area contributed by atoms with Crippen LogP contribution in [-0.4, -0.2) is 33.6 Å². The summed E-state index contributed by atoms with van der Waals surface area (Å²) in [5.41, 5.74) is 3.61. The Bertz CT molecular complexity index is 1280. The van der Waals surface area contributed by atoms with Gasteiger partial charge in [0.05, 0.1) is 0 Å². The lowest BCUT2D eigenvalue weighted by atomic mass is 9.96. The summed E-state index contributed by atoms with van der Waals surface area (Å²) < 4.78 is 5.27. The van der Waals surface area contributed by atoms with Crippen molar-refractivity contribution in [2.45, 2.75) is 20.1 Å². The number of amides is 3. The second kappa shape index (κ2) is 10.9. The Hall–Kier alpha value is -4.53. The average molecular weight is 457 g/mol. The quantitative estimate of drug-likeness (QED) is 0.382. The van der Waals surface area contributed by atoms with E-state index < -0.39 is 6.09 Å². The molecule has 0 spiro atoms. The third-order valence-electron chi connectivity index (χ3n) is 5.08. The first-order valence-electron chi connectivity index (χ1n) is 10.8. The lowest BCUT2D eigenvalue weighted by molar-refractivity contribution is 0.139. The molecule has 0 bridgehead atoms. The van der Waals surface area contributed by atoms with Crippen LogP contribution in [0.25, 0.3) is 21.9 Å². The molecule has 0 aliphatic heterocycles. The van der Waals surface area contributed by atoms with E-state index in [0.717, 1.165) is 33.0 Å². The summed E-state index contributed by atoms with van der Waals surface area (Å²) in [6.45, 7) is 2.74. The van der Waals surface area contributed by atoms with Gasteiger partial charge < -0.3 is 15.4 Å². The van der Waals surface area contributed by atoms with Crippen LogP contribution in [0.3, 0.4) is 0 Å². The summed E-state index contributed by atoms with van der Waals surface area (Å²) in [5, 5.41) is 9.96. The number of nitrogens with zero attached hydrogens (tertiary/aromatic N) is 3. The molecule has 4 aromatic rings. The van der Waals surface area contributed by atoms with E-state index in [1.54, 1.807) is 37.1 Å². The van der Waals surface area contributed by atoms with E-state index in [1.165, 1.54) is 0 Å². The number of carbonyl (C=O) groups excluding carboxylic acids is 2. The zero-order valence-electron chi connectivity index (χ0n) is 18.6. The van der Waals surface area contributed by atoms with Crippen LogP contribution in [0.5, 0.6) is 0 Å². The molecular formula is C25H24N6O3. The van der Waals surface area contributed by atoms with Gasteiger partial charge in [-0.3, -0.25) is 15.3 Å². The van der Waals surface area contributed by atoms with Gasteiger partial charge in [0.2, 0.25) is 0 Å². The van der Waals surface area contributed by atoms with Crippen molar-refractivity contribution in [3.8, 4) is 11.1 Å². The number of nitrogens with one attached hydrogen (secondary N) is 3. The minimum Gasteiger partial charge on any atom is -0.445 e. The van der Waals surface area contributed by atoms with Crippen molar-refractivity contribution in [3.05, 3.63) is 84.6 Å². The van der Waals surface area contributed by atoms with Crippen molar-refractivity contribution >= 4 is 28.7 Å². The van der Waals surface area contributed by atoms with E-state index in [1.807, 2.05) is 43.3 Å². The molecule has 0 aliphatic carbocycles. The molecule has 3 aromatic heterocycles. The van der Waals surface area contributed by atoms with Crippen molar-refractivity contribution in [2.75, 3.05) is 11.9 Å². The van der Waals surface area contributed by atoms with Crippen LogP contribution >= 0.6 is 0 Å². The third-order valence-corrected chi connectivity index (χ3v) is 5.08. The molecule has 0 atom stereocenters. The number of alkyl carbamates (subject to hydrolysis) is 1. The number of aromatic nitrogens is 3. The Labute approximate surface area is 196 Å². The van der Waals surface area contributed by atoms with Gasteiger partial charge in [-0.2, -0.15) is 0 Å². The minimum atomic E-state index is -0.530. The fraction of sp³-hybridized carbons (Fsp3) is 0.160. The maximum Gasteiger partial charge on any atom is 0.407 e. The van der Waals surface area contributed by atoms with Gasteiger partial charge in [-0.1, -0.05) is 18.2 Å². The lowest BCUT2D eigenvalue weighted by Gasteiger charge is -2.14. The van der Waals surface area contributed by atoms with E-state index in [9.17, 15) is 9.59 Å². The molecule has 9 heteroatoms. The van der Waals surface area contributed by atoms with Crippen LogP contribution in [0, 0.1) is 0 Å². The lowest BCUT2D eigenvalue weighted by Crippen LogP contribution is -2.28. The number of anilines is 1. The van der Waals surface area contributed by atoms with Gasteiger partial charge in [0.15, 0.2) is 0 Å². The SMILES string of the molecule is CCNC(=O)Nc1cc2c(-c3ccncc3)ccc(CNC(=O)OCc3cccnc3)c2cn1. The van der Waals surface area contributed by atoms with E-state index >= 15 is 0 Å². The van der Waals surface area contributed by atoms with E-state index in [4.69, 9.17) is 4.74 Å². The van der Waals surface area contributed by atoms with Crippen LogP contribution < -0.4 is 16.0 Å². The first-order valence-corrected chi connectivity index (χ1v) is 10.8. The fourth-order valence-electron chi connectivity index (χ4n) is 3.48. The highest BCUT2D eigenvalue weighted by Crippen LogP contribution is 2.31. The van der Waals surface area contributed by atoms with E-state index in [-0.39, 0.29) is 19.2 Å². The maximum absolute atomic E-state index is 12.2. The van der Waals surface area contributed by atoms with Crippen molar-refractivity contribution in [1.29, 1.82) is 0 Å². The second-order valence-corrected chi connectivity index (χ2v) is 7.40. The third kappa shape index (κ3) is 5.63. The van der Waals surface area contributed by atoms with Gasteiger partial charge in [-0.05, 0) is 53.3 Å². The summed E-state index contributed by atoms with van der Waals surface area (Å²) in [6.07, 6.45) is 7.93. The van der Waals surface area contributed by atoms with Crippen LogP contribution in [0.2, 0.25) is 0 Å². The number of urea groups is 1. The molecule has 0 saturated heterocycles. The summed E-state index contributed by atoms with van der Waals surface area (Å²) in [7, 11) is 0. The molecular weight excluding hydrogens is 432 g/mol. The van der Waals surface area contributed by atoms with Crippen molar-refractivity contribution < 1.29 is 14.3 Å². The molecule has 172 valence electrons. The van der Waals surface area contributed by atoms with Crippen molar-refractivity contribution in [1.82, 2.24) is 25.6 Å². The zero-order valence-corrected chi connectivity index (χ0v) is 18.6. The average Bonchev–Trinajstić information content (AvgIpc) is 2.87. The molecule has 3 heterocycles. The topological polar surface area (TPSA) is 118 Å². The minimum absolute atomic E-state index is 0.137. The second-order valence-electron chi connectivity index (χ2n) is 7.40. The number of hydrogen-bond donors (Lipinski definition) is 3. The standard InChI is InChI=1S/C25H24N6O3/c1-2-28-24(32)31-23-12-21-20(18-7-10-26-11-8-18)6-5-19(22(21)15-29-23)14-30-25(33)34-16-17-4-3-9-27-13-17/h3-13,15H,2,14,16H2,1H3,(H,30,33)(H2,28,29,31,32). The number of pyridine rings is 3. The molecule has 3 N–H and O–H groups in total. The first kappa shape index (κ1) is 22.7. The molecule has 34 heavy (non-hydrogen) atoms. The van der Waals surface area contributed by atoms with Crippen molar-refractivity contribution in [2.24, 2.45) is 0 Å². The predicted octanol–water partition coefficient (Wildman–Crippen LogP) is 4.26. The zero-order chi connectivity index (χ0) is 23.8. The number of fused-ring (bicyclic) bond motifs is 1. The molecule has 9 nitrogen and oxygen atoms in total. The number of benzene rings is 1. The Balaban J connectivity index is 1.57. The van der Waals surface area contributed by atoms with Gasteiger partial charge in [-0.15, -0.1) is 0 Å². The monoisotopic (exact) mass is 456 g/mol. The normalized spacial score (nSPS) is 10.5. The van der Waals surface area contributed by atoms with Crippen LogP contribution in [0.15, 0.2) is 73.4 Å². The number of ether oxygens (including phenoxy) is 1. The van der Waals surface area contributed by atoms with Gasteiger partial charge in [0.1, 0.15) is 12.4 Å². The van der Waals surface area contributed by atoms with Gasteiger partial charge in [0.25, 0.3) is 0 Å². The van der Waals surface area contributed by atoms with E-state index in [0.29, 0.717) is 12.4 Å². The number of rotatable bonds is 7. The summed E-state index contributed by atoms with van der Waals surface area (Å²) in [4.78, 5) is 36.7. The Morgan fingerprint density at radius 1 is 0.941 bits per heavy atom. The highest BCUT2D eigenvalue weighted by Gasteiger charge is 2.12. The molecule has 0 fully saturated rings. The molecule has 1 aromatic carbocycles. The molecule has 4 rings (SSSR count). The number of hydrogen-bond acceptors (Lipinski definition) is 6. The highest BCUT2D eigenvalue weighted by molar-refractivity contribution is 6.00. The maximum atomic E-state index is 12.2.